The van der Waals surface area contributed by atoms with Gasteiger partial charge in [0, 0.05) is 5.69 Å². The summed E-state index contributed by atoms with van der Waals surface area (Å²) in [6.07, 6.45) is -1.66. The zero-order valence-corrected chi connectivity index (χ0v) is 18.9. The summed E-state index contributed by atoms with van der Waals surface area (Å²) in [7, 11) is -4.28. The number of carbonyl (C=O) groups excluding carboxylic acids is 1. The summed E-state index contributed by atoms with van der Waals surface area (Å²) >= 11 is 5.79. The maximum absolute atomic E-state index is 13.6. The van der Waals surface area contributed by atoms with Crippen LogP contribution in [0, 0.1) is 29.0 Å². The number of halogens is 2. The molecule has 0 bridgehead atoms. The highest BCUT2D eigenvalue weighted by Crippen LogP contribution is 2.40. The van der Waals surface area contributed by atoms with E-state index in [-0.39, 0.29) is 52.0 Å². The summed E-state index contributed by atoms with van der Waals surface area (Å²) in [5.41, 5.74) is 0.163. The molecule has 0 aromatic heterocycles. The van der Waals surface area contributed by atoms with Gasteiger partial charge in [0.2, 0.25) is 5.91 Å². The predicted molar refractivity (Wildman–Crippen MR) is 119 cm³/mol. The summed E-state index contributed by atoms with van der Waals surface area (Å²) in [4.78, 5) is 23.0. The second-order valence-electron chi connectivity index (χ2n) is 7.79. The Balaban J connectivity index is 1.64. The van der Waals surface area contributed by atoms with Crippen molar-refractivity contribution in [2.75, 3.05) is 22.7 Å². The van der Waals surface area contributed by atoms with Gasteiger partial charge in [-0.05, 0) is 42.8 Å². The zero-order valence-electron chi connectivity index (χ0n) is 17.4. The Kier molecular flexibility index (Phi) is 6.24. The van der Waals surface area contributed by atoms with Gasteiger partial charge >= 0.3 is 6.09 Å². The average Bonchev–Trinajstić information content (AvgIpc) is 3.58. The minimum absolute atomic E-state index is 0.0295. The van der Waals surface area contributed by atoms with Crippen LogP contribution < -0.4 is 19.7 Å². The van der Waals surface area contributed by atoms with Crippen molar-refractivity contribution in [2.24, 2.45) is 11.8 Å². The van der Waals surface area contributed by atoms with Gasteiger partial charge in [-0.2, -0.15) is 5.26 Å². The lowest BCUT2D eigenvalue weighted by molar-refractivity contribution is -0.122. The van der Waals surface area contributed by atoms with Crippen molar-refractivity contribution in [1.29, 1.82) is 5.26 Å². The Bertz CT molecular complexity index is 1310. The molecule has 1 aliphatic heterocycles. The van der Waals surface area contributed by atoms with Gasteiger partial charge < -0.3 is 15.2 Å². The Morgan fingerprint density at radius 3 is 2.71 bits per heavy atom. The van der Waals surface area contributed by atoms with Gasteiger partial charge in [0.05, 0.1) is 46.6 Å². The van der Waals surface area contributed by atoms with E-state index in [4.69, 9.17) is 26.7 Å². The molecule has 2 amide bonds. The Morgan fingerprint density at radius 1 is 1.29 bits per heavy atom. The summed E-state index contributed by atoms with van der Waals surface area (Å²) in [5, 5.41) is 22.3. The smallest absolute Gasteiger partial charge is 0.409 e. The number of sulfonamides is 1. The zero-order chi connectivity index (χ0) is 24.6. The molecule has 4 rings (SSSR count). The van der Waals surface area contributed by atoms with Crippen LogP contribution in [0.1, 0.15) is 6.42 Å². The molecular formula is C21H18ClFN4O6S. The number of ether oxygens (including phenoxy) is 1. The fraction of sp³-hybridized carbons (Fsp3) is 0.286. The Hall–Kier alpha value is -3.56. The number of hydrogen-bond acceptors (Lipinski definition) is 6. The van der Waals surface area contributed by atoms with Crippen molar-refractivity contribution in [2.45, 2.75) is 17.4 Å². The lowest BCUT2D eigenvalue weighted by Gasteiger charge is -2.35. The molecule has 0 radical (unpaired) electrons. The highest BCUT2D eigenvalue weighted by molar-refractivity contribution is 7.92. The third kappa shape index (κ3) is 4.71. The second-order valence-corrected chi connectivity index (χ2v) is 10.1. The minimum Gasteiger partial charge on any atom is -0.484 e. The van der Waals surface area contributed by atoms with Gasteiger partial charge in [0.25, 0.3) is 10.0 Å². The standard InChI is InChI=1S/C21H18ClFN4O6S/c22-16-7-14(2-3-17(16)23)34(31,32)27-10-13(9-25-20(28)15-5-11(15)8-24)33-19-4-1-12(6-18(19)27)26-21(29)30/h1-4,6-7,11,13,15,26H,5,9-10H2,(H,25,28)(H,29,30)/t11-,13+,15-/m1/s1. The number of fused-ring (bicyclic) bond motifs is 1. The summed E-state index contributed by atoms with van der Waals surface area (Å²) in [6, 6.07) is 9.10. The molecule has 3 atom stereocenters. The second kappa shape index (κ2) is 9.00. The van der Waals surface area contributed by atoms with E-state index in [1.807, 2.05) is 6.07 Å². The normalized spacial score (nSPS) is 21.0. The molecule has 178 valence electrons. The lowest BCUT2D eigenvalue weighted by Crippen LogP contribution is -2.48. The number of benzene rings is 2. The quantitative estimate of drug-likeness (QED) is 0.543. The maximum Gasteiger partial charge on any atom is 0.409 e. The van der Waals surface area contributed by atoms with E-state index in [1.54, 1.807) is 0 Å². The third-order valence-electron chi connectivity index (χ3n) is 5.42. The molecule has 2 aromatic rings. The first-order valence-corrected chi connectivity index (χ1v) is 11.9. The molecule has 0 saturated heterocycles. The molecule has 2 aliphatic rings. The molecule has 34 heavy (non-hydrogen) atoms. The molecule has 1 aliphatic carbocycles. The van der Waals surface area contributed by atoms with E-state index in [1.165, 1.54) is 18.2 Å². The molecule has 1 heterocycles. The first-order chi connectivity index (χ1) is 16.1. The maximum atomic E-state index is 13.6. The van der Waals surface area contributed by atoms with Gasteiger partial charge in [-0.3, -0.25) is 14.4 Å². The van der Waals surface area contributed by atoms with Crippen molar-refractivity contribution in [3.05, 3.63) is 47.2 Å². The fourth-order valence-electron chi connectivity index (χ4n) is 3.58. The van der Waals surface area contributed by atoms with Crippen LogP contribution in [-0.4, -0.2) is 44.7 Å². The molecule has 13 heteroatoms. The average molecular weight is 509 g/mol. The van der Waals surface area contributed by atoms with Crippen LogP contribution in [0.5, 0.6) is 5.75 Å². The lowest BCUT2D eigenvalue weighted by atomic mass is 10.2. The fourth-order valence-corrected chi connectivity index (χ4v) is 5.36. The number of carboxylic acid groups (broad SMARTS) is 1. The SMILES string of the molecule is N#C[C@H]1C[C@H]1C(=O)NC[C@H]1CN(S(=O)(=O)c2ccc(F)c(Cl)c2)c2cc(NC(=O)O)ccc2O1. The molecule has 0 unspecified atom stereocenters. The van der Waals surface area contributed by atoms with Crippen LogP contribution >= 0.6 is 11.6 Å². The van der Waals surface area contributed by atoms with Crippen molar-refractivity contribution in [3.8, 4) is 11.8 Å². The largest absolute Gasteiger partial charge is 0.484 e. The highest BCUT2D eigenvalue weighted by Gasteiger charge is 2.43. The number of rotatable bonds is 6. The van der Waals surface area contributed by atoms with Gasteiger partial charge in [-0.1, -0.05) is 11.6 Å². The summed E-state index contributed by atoms with van der Waals surface area (Å²) in [6.45, 7) is -0.258. The molecule has 10 nitrogen and oxygen atoms in total. The molecule has 1 saturated carbocycles. The van der Waals surface area contributed by atoms with E-state index >= 15 is 0 Å². The summed E-state index contributed by atoms with van der Waals surface area (Å²) in [5.74, 6) is -1.69. The number of amides is 2. The number of hydrogen-bond donors (Lipinski definition) is 3. The van der Waals surface area contributed by atoms with Gasteiger partial charge in [0.15, 0.2) is 0 Å². The number of anilines is 2. The van der Waals surface area contributed by atoms with Gasteiger partial charge in [-0.25, -0.2) is 17.6 Å². The van der Waals surface area contributed by atoms with E-state index in [0.29, 0.717) is 6.42 Å². The van der Waals surface area contributed by atoms with E-state index in [2.05, 4.69) is 10.6 Å². The number of carbonyl (C=O) groups is 2. The molecule has 0 spiro atoms. The number of nitrogens with one attached hydrogen (secondary N) is 2. The Labute approximate surface area is 198 Å². The first-order valence-electron chi connectivity index (χ1n) is 10.1. The van der Waals surface area contributed by atoms with E-state index < -0.39 is 34.0 Å². The Morgan fingerprint density at radius 2 is 2.06 bits per heavy atom. The number of nitriles is 1. The summed E-state index contributed by atoms with van der Waals surface area (Å²) < 4.78 is 47.4. The topological polar surface area (TPSA) is 149 Å². The highest BCUT2D eigenvalue weighted by atomic mass is 35.5. The van der Waals surface area contributed by atoms with Crippen LogP contribution in [0.15, 0.2) is 41.3 Å². The predicted octanol–water partition coefficient (Wildman–Crippen LogP) is 2.80. The third-order valence-corrected chi connectivity index (χ3v) is 7.48. The molecule has 1 fully saturated rings. The van der Waals surface area contributed by atoms with Crippen LogP contribution in [0.2, 0.25) is 5.02 Å². The first kappa shape index (κ1) is 23.6. The van der Waals surface area contributed by atoms with Crippen molar-refractivity contribution in [1.82, 2.24) is 5.32 Å². The minimum atomic E-state index is -4.28. The van der Waals surface area contributed by atoms with Crippen molar-refractivity contribution < 1.29 is 32.2 Å². The molecule has 2 aromatic carbocycles. The van der Waals surface area contributed by atoms with Crippen molar-refractivity contribution >= 4 is 45.0 Å². The van der Waals surface area contributed by atoms with Crippen LogP contribution in [0.3, 0.4) is 0 Å². The van der Waals surface area contributed by atoms with Crippen LogP contribution in [0.25, 0.3) is 0 Å². The van der Waals surface area contributed by atoms with Gasteiger partial charge in [-0.15, -0.1) is 0 Å². The monoisotopic (exact) mass is 508 g/mol. The van der Waals surface area contributed by atoms with Crippen LogP contribution in [0.4, 0.5) is 20.6 Å². The number of nitrogens with zero attached hydrogens (tertiary/aromatic N) is 2. The van der Waals surface area contributed by atoms with Gasteiger partial charge in [0.1, 0.15) is 17.7 Å². The van der Waals surface area contributed by atoms with Crippen molar-refractivity contribution in [3.63, 3.8) is 0 Å². The molecular weight excluding hydrogens is 491 g/mol. The van der Waals surface area contributed by atoms with E-state index in [0.717, 1.165) is 22.5 Å². The van der Waals surface area contributed by atoms with E-state index in [9.17, 15) is 22.4 Å². The van der Waals surface area contributed by atoms with Crippen LogP contribution in [-0.2, 0) is 14.8 Å². The molecule has 3 N–H and O–H groups in total.